The molecule has 0 bridgehead atoms. The van der Waals surface area contributed by atoms with Crippen LogP contribution in [0.25, 0.3) is 22.1 Å². The van der Waals surface area contributed by atoms with Gasteiger partial charge in [-0.2, -0.15) is 0 Å². The van der Waals surface area contributed by atoms with Gasteiger partial charge in [0, 0.05) is 17.7 Å². The molecular formula is C28H23F2NO6. The van der Waals surface area contributed by atoms with E-state index in [1.165, 1.54) is 11.0 Å². The monoisotopic (exact) mass is 507 g/mol. The van der Waals surface area contributed by atoms with Crippen LogP contribution in [0.4, 0.5) is 8.78 Å². The molecule has 1 aliphatic rings. The van der Waals surface area contributed by atoms with Crippen molar-refractivity contribution >= 4 is 22.8 Å². The molecule has 2 heterocycles. The maximum absolute atomic E-state index is 14.2. The number of carboxylic acid groups (broad SMARTS) is 1. The molecule has 4 aromatic rings. The first-order valence-corrected chi connectivity index (χ1v) is 11.7. The Kier molecular flexibility index (Phi) is 6.62. The Labute approximate surface area is 210 Å². The lowest BCUT2D eigenvalue weighted by molar-refractivity contribution is -0.141. The fraction of sp³-hybridized carbons (Fsp3) is 0.214. The minimum atomic E-state index is -1.04. The molecule has 0 spiro atoms. The number of amides is 1. The highest BCUT2D eigenvalue weighted by atomic mass is 19.2. The number of carbonyl (C=O) groups excluding carboxylic acids is 1. The lowest BCUT2D eigenvalue weighted by atomic mass is 10.0. The zero-order valence-electron chi connectivity index (χ0n) is 19.6. The molecule has 9 heteroatoms. The van der Waals surface area contributed by atoms with Crippen molar-refractivity contribution in [1.82, 2.24) is 4.90 Å². The first kappa shape index (κ1) is 24.5. The Morgan fingerprint density at radius 2 is 1.86 bits per heavy atom. The van der Waals surface area contributed by atoms with Crippen molar-refractivity contribution in [3.05, 3.63) is 89.2 Å². The summed E-state index contributed by atoms with van der Waals surface area (Å²) in [6.45, 7) is 0.135. The minimum Gasteiger partial charge on any atom is -0.489 e. The molecule has 1 aromatic heterocycles. The van der Waals surface area contributed by atoms with Crippen LogP contribution in [0.1, 0.15) is 34.5 Å². The molecule has 1 atom stereocenters. The number of hydrogen-bond acceptors (Lipinski definition) is 5. The summed E-state index contributed by atoms with van der Waals surface area (Å²) in [5.41, 5.74) is 2.18. The summed E-state index contributed by atoms with van der Waals surface area (Å²) in [6.07, 6.45) is 1.10. The number of rotatable bonds is 7. The third-order valence-electron chi connectivity index (χ3n) is 6.44. The summed E-state index contributed by atoms with van der Waals surface area (Å²) in [4.78, 5) is 25.7. The van der Waals surface area contributed by atoms with Gasteiger partial charge in [-0.05, 0) is 60.4 Å². The molecule has 0 saturated carbocycles. The second-order valence-corrected chi connectivity index (χ2v) is 8.84. The van der Waals surface area contributed by atoms with Gasteiger partial charge >= 0.3 is 5.97 Å². The Morgan fingerprint density at radius 1 is 1.08 bits per heavy atom. The Morgan fingerprint density at radius 3 is 2.59 bits per heavy atom. The topological polar surface area (TPSA) is 100 Å². The standard InChI is InChI=1S/C28H23F2NO6/c29-23-13-21(26-22(25(23)30)12-20(14-32)37-26)17-6-8-19(9-7-17)36-15-16-3-1-4-18(11-16)27(33)31-10-2-5-24(31)28(34)35/h1,3-4,6-9,11-13,24,32H,2,5,10,14-15H2,(H,34,35)/t24-/m0/s1. The maximum atomic E-state index is 14.2. The van der Waals surface area contributed by atoms with E-state index < -0.39 is 30.3 Å². The van der Waals surface area contributed by atoms with Gasteiger partial charge in [-0.3, -0.25) is 4.79 Å². The summed E-state index contributed by atoms with van der Waals surface area (Å²) in [7, 11) is 0. The van der Waals surface area contributed by atoms with Crippen LogP contribution in [-0.2, 0) is 18.0 Å². The van der Waals surface area contributed by atoms with Crippen LogP contribution in [0.2, 0.25) is 0 Å². The predicted molar refractivity (Wildman–Crippen MR) is 130 cm³/mol. The summed E-state index contributed by atoms with van der Waals surface area (Å²) in [5, 5.41) is 18.6. The van der Waals surface area contributed by atoms with Crippen LogP contribution in [0.3, 0.4) is 0 Å². The molecule has 1 saturated heterocycles. The molecule has 37 heavy (non-hydrogen) atoms. The number of aliphatic carboxylic acids is 1. The molecule has 0 radical (unpaired) electrons. The van der Waals surface area contributed by atoms with Gasteiger partial charge < -0.3 is 24.3 Å². The minimum absolute atomic E-state index is 0.0441. The van der Waals surface area contributed by atoms with E-state index in [-0.39, 0.29) is 29.2 Å². The number of carbonyl (C=O) groups is 2. The number of aliphatic hydroxyl groups is 1. The summed E-state index contributed by atoms with van der Waals surface area (Å²) in [5.74, 6) is -2.74. The van der Waals surface area contributed by atoms with E-state index in [4.69, 9.17) is 9.15 Å². The van der Waals surface area contributed by atoms with E-state index in [1.807, 2.05) is 0 Å². The SMILES string of the molecule is O=C(O)[C@@H]1CCCN1C(=O)c1cccc(COc2ccc(-c3cc(F)c(F)c4cc(CO)oc34)cc2)c1. The number of likely N-dealkylation sites (tertiary alicyclic amines) is 1. The molecule has 1 amide bonds. The van der Waals surface area contributed by atoms with Gasteiger partial charge in [0.1, 0.15) is 36.3 Å². The lowest BCUT2D eigenvalue weighted by Crippen LogP contribution is -2.40. The lowest BCUT2D eigenvalue weighted by Gasteiger charge is -2.21. The quantitative estimate of drug-likeness (QED) is 0.359. The van der Waals surface area contributed by atoms with Crippen LogP contribution >= 0.6 is 0 Å². The molecule has 2 N–H and O–H groups in total. The molecular weight excluding hydrogens is 484 g/mol. The van der Waals surface area contributed by atoms with Gasteiger partial charge in [0.25, 0.3) is 5.91 Å². The number of furan rings is 1. The molecule has 7 nitrogen and oxygen atoms in total. The highest BCUT2D eigenvalue weighted by Crippen LogP contribution is 2.35. The zero-order chi connectivity index (χ0) is 26.1. The van der Waals surface area contributed by atoms with Crippen molar-refractivity contribution in [2.45, 2.75) is 32.1 Å². The van der Waals surface area contributed by atoms with Crippen molar-refractivity contribution in [2.24, 2.45) is 0 Å². The number of fused-ring (bicyclic) bond motifs is 1. The Balaban J connectivity index is 1.31. The van der Waals surface area contributed by atoms with Crippen LogP contribution in [-0.4, -0.2) is 39.6 Å². The Hall–Kier alpha value is -4.24. The van der Waals surface area contributed by atoms with Crippen LogP contribution in [0.5, 0.6) is 5.75 Å². The van der Waals surface area contributed by atoms with E-state index in [2.05, 4.69) is 0 Å². The van der Waals surface area contributed by atoms with E-state index >= 15 is 0 Å². The molecule has 190 valence electrons. The number of hydrogen-bond donors (Lipinski definition) is 2. The summed E-state index contributed by atoms with van der Waals surface area (Å²) < 4.78 is 39.7. The van der Waals surface area contributed by atoms with Gasteiger partial charge in [0.05, 0.1) is 5.39 Å². The second kappa shape index (κ2) is 10.0. The summed E-state index contributed by atoms with van der Waals surface area (Å²) in [6, 6.07) is 15.1. The maximum Gasteiger partial charge on any atom is 0.326 e. The van der Waals surface area contributed by atoms with Gasteiger partial charge in [0.2, 0.25) is 0 Å². The molecule has 0 unspecified atom stereocenters. The van der Waals surface area contributed by atoms with E-state index in [0.29, 0.717) is 41.8 Å². The van der Waals surface area contributed by atoms with Crippen molar-refractivity contribution in [3.63, 3.8) is 0 Å². The summed E-state index contributed by atoms with van der Waals surface area (Å²) >= 11 is 0. The van der Waals surface area contributed by atoms with Crippen LogP contribution in [0, 0.1) is 11.6 Å². The van der Waals surface area contributed by atoms with Crippen molar-refractivity contribution in [2.75, 3.05) is 6.54 Å². The van der Waals surface area contributed by atoms with Gasteiger partial charge in [0.15, 0.2) is 11.6 Å². The van der Waals surface area contributed by atoms with E-state index in [1.54, 1.807) is 48.5 Å². The largest absolute Gasteiger partial charge is 0.489 e. The predicted octanol–water partition coefficient (Wildman–Crippen LogP) is 5.14. The van der Waals surface area contributed by atoms with Gasteiger partial charge in [-0.15, -0.1) is 0 Å². The number of carboxylic acids is 1. The Bertz CT molecular complexity index is 1480. The number of benzene rings is 3. The van der Waals surface area contributed by atoms with Crippen molar-refractivity contribution in [1.29, 1.82) is 0 Å². The molecule has 0 aliphatic carbocycles. The van der Waals surface area contributed by atoms with Crippen LogP contribution in [0.15, 0.2) is 65.1 Å². The third-order valence-corrected chi connectivity index (χ3v) is 6.44. The highest BCUT2D eigenvalue weighted by Gasteiger charge is 2.34. The second-order valence-electron chi connectivity index (χ2n) is 8.84. The molecule has 1 aliphatic heterocycles. The number of nitrogens with zero attached hydrogens (tertiary/aromatic N) is 1. The average molecular weight is 507 g/mol. The molecule has 3 aromatic carbocycles. The number of ether oxygens (including phenoxy) is 1. The van der Waals surface area contributed by atoms with Gasteiger partial charge in [-0.25, -0.2) is 13.6 Å². The highest BCUT2D eigenvalue weighted by molar-refractivity contribution is 5.97. The normalized spacial score (nSPS) is 15.3. The zero-order valence-corrected chi connectivity index (χ0v) is 19.6. The van der Waals surface area contributed by atoms with Crippen molar-refractivity contribution < 1.29 is 37.7 Å². The fourth-order valence-corrected chi connectivity index (χ4v) is 4.61. The number of aliphatic hydroxyl groups excluding tert-OH is 1. The number of halogens is 2. The van der Waals surface area contributed by atoms with Crippen molar-refractivity contribution in [3.8, 4) is 16.9 Å². The first-order chi connectivity index (χ1) is 17.9. The first-order valence-electron chi connectivity index (χ1n) is 11.7. The van der Waals surface area contributed by atoms with E-state index in [0.717, 1.165) is 11.6 Å². The van der Waals surface area contributed by atoms with E-state index in [9.17, 15) is 28.6 Å². The smallest absolute Gasteiger partial charge is 0.326 e. The van der Waals surface area contributed by atoms with Gasteiger partial charge in [-0.1, -0.05) is 24.3 Å². The molecule has 5 rings (SSSR count). The molecule has 1 fully saturated rings. The average Bonchev–Trinajstić information content (AvgIpc) is 3.58. The fourth-order valence-electron chi connectivity index (χ4n) is 4.61. The third kappa shape index (κ3) is 4.77. The van der Waals surface area contributed by atoms with Crippen LogP contribution < -0.4 is 4.74 Å².